The monoisotopic (exact) mass is 631 g/mol. The molecular weight excluding hydrogens is 593 g/mol. The van der Waals surface area contributed by atoms with Crippen LogP contribution in [0.2, 0.25) is 0 Å². The summed E-state index contributed by atoms with van der Waals surface area (Å²) in [4.78, 5) is 29.4. The first-order valence-corrected chi connectivity index (χ1v) is 16.2. The Hall–Kier alpha value is -4.70. The first kappa shape index (κ1) is 33.2. The minimum atomic E-state index is -4.34. The van der Waals surface area contributed by atoms with E-state index >= 15 is 0 Å². The molecule has 10 heteroatoms. The van der Waals surface area contributed by atoms with Gasteiger partial charge in [0.25, 0.3) is 10.0 Å². The van der Waals surface area contributed by atoms with E-state index < -0.39 is 34.3 Å². The molecule has 1 N–H and O–H groups in total. The smallest absolute Gasteiger partial charge is 0.264 e. The van der Waals surface area contributed by atoms with Gasteiger partial charge in [-0.15, -0.1) is 0 Å². The normalized spacial score (nSPS) is 11.9. The highest BCUT2D eigenvalue weighted by molar-refractivity contribution is 7.92. The average Bonchev–Trinajstić information content (AvgIpc) is 3.03. The van der Waals surface area contributed by atoms with E-state index in [0.717, 1.165) is 39.7 Å². The van der Waals surface area contributed by atoms with Crippen LogP contribution in [0.25, 0.3) is 0 Å². The van der Waals surface area contributed by atoms with Crippen molar-refractivity contribution in [2.45, 2.75) is 50.7 Å². The lowest BCUT2D eigenvalue weighted by Crippen LogP contribution is -2.54. The van der Waals surface area contributed by atoms with Gasteiger partial charge < -0.3 is 15.0 Å². The van der Waals surface area contributed by atoms with Crippen molar-refractivity contribution in [2.24, 2.45) is 0 Å². The van der Waals surface area contributed by atoms with Gasteiger partial charge in [-0.2, -0.15) is 0 Å². The average molecular weight is 632 g/mol. The van der Waals surface area contributed by atoms with Crippen molar-refractivity contribution in [3.63, 3.8) is 0 Å². The van der Waals surface area contributed by atoms with E-state index in [4.69, 9.17) is 4.74 Å². The summed E-state index contributed by atoms with van der Waals surface area (Å²) in [6, 6.07) is 28.2. The van der Waals surface area contributed by atoms with Gasteiger partial charge in [0.1, 0.15) is 24.2 Å². The molecule has 236 valence electrons. The van der Waals surface area contributed by atoms with E-state index in [1.54, 1.807) is 24.3 Å². The molecule has 8 nitrogen and oxygen atoms in total. The zero-order chi connectivity index (χ0) is 32.4. The van der Waals surface area contributed by atoms with Gasteiger partial charge in [-0.25, -0.2) is 12.8 Å². The SMILES string of the molecule is CCOc1ccc(N(CC(=O)N(Cc2ccccc2)[C@H](Cc2ccccc2)C(=O)NC(C)C)S(=O)(=O)c2ccc(F)cc2)cc1. The molecule has 0 aliphatic rings. The van der Waals surface area contributed by atoms with Crippen LogP contribution < -0.4 is 14.4 Å². The molecular formula is C35H38FN3O5S. The predicted octanol–water partition coefficient (Wildman–Crippen LogP) is 5.58. The Labute approximate surface area is 264 Å². The Morgan fingerprint density at radius 3 is 1.96 bits per heavy atom. The molecule has 0 aliphatic carbocycles. The Bertz CT molecular complexity index is 1650. The minimum Gasteiger partial charge on any atom is -0.494 e. The first-order chi connectivity index (χ1) is 21.6. The van der Waals surface area contributed by atoms with Crippen LogP contribution in [-0.2, 0) is 32.6 Å². The van der Waals surface area contributed by atoms with E-state index in [0.29, 0.717) is 12.4 Å². The molecule has 45 heavy (non-hydrogen) atoms. The summed E-state index contributed by atoms with van der Waals surface area (Å²) in [5.74, 6) is -0.998. The largest absolute Gasteiger partial charge is 0.494 e. The molecule has 0 unspecified atom stereocenters. The zero-order valence-corrected chi connectivity index (χ0v) is 26.4. The summed E-state index contributed by atoms with van der Waals surface area (Å²) < 4.78 is 48.3. The maximum absolute atomic E-state index is 14.4. The molecule has 0 saturated heterocycles. The third-order valence-electron chi connectivity index (χ3n) is 7.01. The number of nitrogens with one attached hydrogen (secondary N) is 1. The Kier molecular flexibility index (Phi) is 11.3. The molecule has 4 aromatic rings. The molecule has 4 rings (SSSR count). The van der Waals surface area contributed by atoms with Gasteiger partial charge in [-0.1, -0.05) is 60.7 Å². The predicted molar refractivity (Wildman–Crippen MR) is 173 cm³/mol. The number of anilines is 1. The van der Waals surface area contributed by atoms with Crippen LogP contribution in [0.4, 0.5) is 10.1 Å². The Morgan fingerprint density at radius 1 is 0.822 bits per heavy atom. The Balaban J connectivity index is 1.79. The first-order valence-electron chi connectivity index (χ1n) is 14.8. The maximum Gasteiger partial charge on any atom is 0.264 e. The highest BCUT2D eigenvalue weighted by Gasteiger charge is 2.34. The fourth-order valence-corrected chi connectivity index (χ4v) is 6.27. The second kappa shape index (κ2) is 15.3. The number of amides is 2. The summed E-state index contributed by atoms with van der Waals surface area (Å²) in [6.07, 6.45) is 0.214. The topological polar surface area (TPSA) is 96.0 Å². The standard InChI is InChI=1S/C35H38FN3O5S/c1-4-44-31-19-17-30(18-20-31)39(45(42,43)32-21-15-29(36)16-22-32)25-34(40)38(24-28-13-9-6-10-14-28)33(35(41)37-26(2)3)23-27-11-7-5-8-12-27/h5-22,26,33H,4,23-25H2,1-3H3,(H,37,41)/t33-/m1/s1. The summed E-state index contributed by atoms with van der Waals surface area (Å²) in [6.45, 7) is 5.39. The summed E-state index contributed by atoms with van der Waals surface area (Å²) in [5.41, 5.74) is 1.83. The highest BCUT2D eigenvalue weighted by atomic mass is 32.2. The van der Waals surface area contributed by atoms with Crippen LogP contribution in [0.15, 0.2) is 114 Å². The minimum absolute atomic E-state index is 0.0659. The third-order valence-corrected chi connectivity index (χ3v) is 8.80. The number of rotatable bonds is 14. The third kappa shape index (κ3) is 8.92. The van der Waals surface area contributed by atoms with Crippen LogP contribution >= 0.6 is 0 Å². The van der Waals surface area contributed by atoms with Gasteiger partial charge >= 0.3 is 0 Å². The van der Waals surface area contributed by atoms with E-state index in [1.807, 2.05) is 81.4 Å². The molecule has 0 fully saturated rings. The molecule has 0 aromatic heterocycles. The van der Waals surface area contributed by atoms with Gasteiger partial charge in [-0.05, 0) is 80.4 Å². The lowest BCUT2D eigenvalue weighted by molar-refractivity contribution is -0.140. The van der Waals surface area contributed by atoms with E-state index in [9.17, 15) is 22.4 Å². The molecule has 0 spiro atoms. The van der Waals surface area contributed by atoms with Gasteiger partial charge in [-0.3, -0.25) is 13.9 Å². The van der Waals surface area contributed by atoms with Gasteiger partial charge in [0.2, 0.25) is 11.8 Å². The second-order valence-corrected chi connectivity index (χ2v) is 12.6. The molecule has 0 radical (unpaired) electrons. The number of carbonyl (C=O) groups is 2. The summed E-state index contributed by atoms with van der Waals surface area (Å²) in [5, 5.41) is 2.93. The van der Waals surface area contributed by atoms with Crippen molar-refractivity contribution in [1.29, 1.82) is 0 Å². The van der Waals surface area contributed by atoms with Crippen LogP contribution in [0.3, 0.4) is 0 Å². The fraction of sp³-hybridized carbons (Fsp3) is 0.257. The van der Waals surface area contributed by atoms with E-state index in [2.05, 4.69) is 5.32 Å². The number of ether oxygens (including phenoxy) is 1. The van der Waals surface area contributed by atoms with Gasteiger partial charge in [0, 0.05) is 19.0 Å². The number of hydrogen-bond donors (Lipinski definition) is 1. The fourth-order valence-electron chi connectivity index (χ4n) is 4.85. The van der Waals surface area contributed by atoms with Crippen molar-refractivity contribution in [3.8, 4) is 5.75 Å². The Morgan fingerprint density at radius 2 is 1.40 bits per heavy atom. The van der Waals surface area contributed by atoms with E-state index in [1.165, 1.54) is 4.90 Å². The van der Waals surface area contributed by atoms with Crippen LogP contribution in [0.5, 0.6) is 5.75 Å². The molecule has 0 aliphatic heterocycles. The molecule has 1 atom stereocenters. The van der Waals surface area contributed by atoms with Crippen molar-refractivity contribution in [3.05, 3.63) is 126 Å². The number of hydrogen-bond acceptors (Lipinski definition) is 5. The number of nitrogens with zero attached hydrogens (tertiary/aromatic N) is 2. The zero-order valence-electron chi connectivity index (χ0n) is 25.6. The number of carbonyl (C=O) groups excluding carboxylic acids is 2. The molecule has 2 amide bonds. The van der Waals surface area contributed by atoms with Crippen LogP contribution in [-0.4, -0.2) is 50.4 Å². The molecule has 0 saturated carbocycles. The second-order valence-electron chi connectivity index (χ2n) is 10.8. The van der Waals surface area contributed by atoms with E-state index in [-0.39, 0.29) is 35.5 Å². The molecule has 0 heterocycles. The van der Waals surface area contributed by atoms with Gasteiger partial charge in [0.05, 0.1) is 17.2 Å². The molecule has 0 bridgehead atoms. The highest BCUT2D eigenvalue weighted by Crippen LogP contribution is 2.27. The van der Waals surface area contributed by atoms with Crippen molar-refractivity contribution >= 4 is 27.5 Å². The summed E-state index contributed by atoms with van der Waals surface area (Å²) >= 11 is 0. The lowest BCUT2D eigenvalue weighted by atomic mass is 10.0. The quantitative estimate of drug-likeness (QED) is 0.196. The van der Waals surface area contributed by atoms with Crippen molar-refractivity contribution < 1.29 is 27.1 Å². The van der Waals surface area contributed by atoms with Crippen LogP contribution in [0, 0.1) is 5.82 Å². The van der Waals surface area contributed by atoms with Gasteiger partial charge in [0.15, 0.2) is 0 Å². The molecule has 4 aromatic carbocycles. The van der Waals surface area contributed by atoms with Crippen molar-refractivity contribution in [1.82, 2.24) is 10.2 Å². The number of halogens is 1. The lowest BCUT2D eigenvalue weighted by Gasteiger charge is -2.34. The number of benzene rings is 4. The number of sulfonamides is 1. The maximum atomic E-state index is 14.4. The summed E-state index contributed by atoms with van der Waals surface area (Å²) in [7, 11) is -4.34. The van der Waals surface area contributed by atoms with Crippen molar-refractivity contribution in [2.75, 3.05) is 17.5 Å². The van der Waals surface area contributed by atoms with Crippen LogP contribution in [0.1, 0.15) is 31.9 Å².